The molecule has 0 spiro atoms. The molecule has 1 amide bonds. The van der Waals surface area contributed by atoms with Gasteiger partial charge in [0.25, 0.3) is 5.91 Å². The van der Waals surface area contributed by atoms with E-state index in [0.29, 0.717) is 11.3 Å². The SMILES string of the molecule is O=C(Nc1ccc(F)c(Cl)c1)c1cncc(N2CCCc3ccccc32)c1. The second kappa shape index (κ2) is 7.37. The third-order valence-electron chi connectivity index (χ3n) is 4.59. The predicted molar refractivity (Wildman–Crippen MR) is 105 cm³/mol. The fourth-order valence-corrected chi connectivity index (χ4v) is 3.46. The molecule has 2 aromatic carbocycles. The number of aryl methyl sites for hydroxylation is 1. The van der Waals surface area contributed by atoms with Crippen LogP contribution in [0.2, 0.25) is 5.02 Å². The van der Waals surface area contributed by atoms with Crippen molar-refractivity contribution in [1.82, 2.24) is 4.98 Å². The van der Waals surface area contributed by atoms with Crippen molar-refractivity contribution in [3.05, 3.63) is 82.9 Å². The van der Waals surface area contributed by atoms with E-state index in [2.05, 4.69) is 27.3 Å². The number of carbonyl (C=O) groups is 1. The first kappa shape index (κ1) is 17.5. The molecule has 1 N–H and O–H groups in total. The summed E-state index contributed by atoms with van der Waals surface area (Å²) < 4.78 is 13.3. The zero-order chi connectivity index (χ0) is 18.8. The Bertz CT molecular complexity index is 1010. The summed E-state index contributed by atoms with van der Waals surface area (Å²) in [5.74, 6) is -0.848. The topological polar surface area (TPSA) is 45.2 Å². The molecule has 6 heteroatoms. The van der Waals surface area contributed by atoms with Crippen molar-refractivity contribution in [3.63, 3.8) is 0 Å². The van der Waals surface area contributed by atoms with Gasteiger partial charge in [0.1, 0.15) is 5.82 Å². The number of benzene rings is 2. The highest BCUT2D eigenvalue weighted by Crippen LogP contribution is 2.33. The number of fused-ring (bicyclic) bond motifs is 1. The van der Waals surface area contributed by atoms with E-state index in [1.54, 1.807) is 6.20 Å². The van der Waals surface area contributed by atoms with E-state index in [-0.39, 0.29) is 10.9 Å². The quantitative estimate of drug-likeness (QED) is 0.677. The van der Waals surface area contributed by atoms with Crippen LogP contribution in [0, 0.1) is 5.82 Å². The maximum Gasteiger partial charge on any atom is 0.257 e. The van der Waals surface area contributed by atoms with Gasteiger partial charge >= 0.3 is 0 Å². The van der Waals surface area contributed by atoms with Crippen LogP contribution in [0.15, 0.2) is 60.9 Å². The number of hydrogen-bond acceptors (Lipinski definition) is 3. The number of hydrogen-bond donors (Lipinski definition) is 1. The monoisotopic (exact) mass is 381 g/mol. The minimum atomic E-state index is -0.526. The lowest BCUT2D eigenvalue weighted by molar-refractivity contribution is 0.102. The van der Waals surface area contributed by atoms with Crippen LogP contribution in [0.4, 0.5) is 21.5 Å². The summed E-state index contributed by atoms with van der Waals surface area (Å²) >= 11 is 5.77. The Morgan fingerprint density at radius 2 is 2.00 bits per heavy atom. The Balaban J connectivity index is 1.59. The standard InChI is InChI=1S/C21H17ClFN3O/c22-18-11-16(7-8-19(18)23)25-21(27)15-10-17(13-24-12-15)26-9-3-5-14-4-1-2-6-20(14)26/h1-2,4,6-8,10-13H,3,5,9H2,(H,25,27). The fraction of sp³-hybridized carbons (Fsp3) is 0.143. The average molecular weight is 382 g/mol. The molecule has 0 radical (unpaired) electrons. The Hall–Kier alpha value is -2.92. The largest absolute Gasteiger partial charge is 0.340 e. The lowest BCUT2D eigenvalue weighted by Gasteiger charge is -2.31. The highest BCUT2D eigenvalue weighted by molar-refractivity contribution is 6.31. The number of nitrogens with one attached hydrogen (secondary N) is 1. The molecule has 3 aromatic rings. The third-order valence-corrected chi connectivity index (χ3v) is 4.88. The van der Waals surface area contributed by atoms with Gasteiger partial charge in [0.2, 0.25) is 0 Å². The lowest BCUT2D eigenvalue weighted by Crippen LogP contribution is -2.25. The number of anilines is 3. The summed E-state index contributed by atoms with van der Waals surface area (Å²) in [6.45, 7) is 0.872. The van der Waals surface area contributed by atoms with Crippen LogP contribution in [0.25, 0.3) is 0 Å². The van der Waals surface area contributed by atoms with Gasteiger partial charge in [0, 0.05) is 24.1 Å². The van der Waals surface area contributed by atoms with E-state index in [1.165, 1.54) is 30.0 Å². The van der Waals surface area contributed by atoms with Crippen molar-refractivity contribution in [1.29, 1.82) is 0 Å². The van der Waals surface area contributed by atoms with Gasteiger partial charge in [-0.25, -0.2) is 4.39 Å². The number of nitrogens with zero attached hydrogens (tertiary/aromatic N) is 2. The molecule has 0 saturated carbocycles. The molecular weight excluding hydrogens is 365 g/mol. The normalized spacial score (nSPS) is 13.2. The Labute approximate surface area is 161 Å². The molecule has 0 bridgehead atoms. The Morgan fingerprint density at radius 1 is 1.15 bits per heavy atom. The van der Waals surface area contributed by atoms with Crippen LogP contribution in [-0.2, 0) is 6.42 Å². The Morgan fingerprint density at radius 3 is 2.85 bits per heavy atom. The number of pyridine rings is 1. The van der Waals surface area contributed by atoms with Crippen molar-refractivity contribution in [2.45, 2.75) is 12.8 Å². The van der Waals surface area contributed by atoms with Crippen molar-refractivity contribution >= 4 is 34.6 Å². The van der Waals surface area contributed by atoms with Gasteiger partial charge in [0.05, 0.1) is 22.5 Å². The molecule has 0 fully saturated rings. The first-order valence-electron chi connectivity index (χ1n) is 8.69. The molecule has 4 rings (SSSR count). The number of amides is 1. The first-order valence-corrected chi connectivity index (χ1v) is 9.06. The molecule has 0 saturated heterocycles. The molecular formula is C21H17ClFN3O. The van der Waals surface area contributed by atoms with Crippen LogP contribution in [0.1, 0.15) is 22.3 Å². The van der Waals surface area contributed by atoms with Crippen molar-refractivity contribution in [2.24, 2.45) is 0 Å². The van der Waals surface area contributed by atoms with Gasteiger partial charge in [-0.2, -0.15) is 0 Å². The summed E-state index contributed by atoms with van der Waals surface area (Å²) in [5, 5.41) is 2.69. The highest BCUT2D eigenvalue weighted by Gasteiger charge is 2.19. The molecule has 27 heavy (non-hydrogen) atoms. The second-order valence-corrected chi connectivity index (χ2v) is 6.81. The maximum atomic E-state index is 13.3. The molecule has 0 aliphatic carbocycles. The Kier molecular flexibility index (Phi) is 4.77. The van der Waals surface area contributed by atoms with E-state index >= 15 is 0 Å². The minimum Gasteiger partial charge on any atom is -0.340 e. The minimum absolute atomic E-state index is 0.0374. The van der Waals surface area contributed by atoms with Crippen LogP contribution < -0.4 is 10.2 Å². The van der Waals surface area contributed by atoms with Gasteiger partial charge in [-0.3, -0.25) is 9.78 Å². The van der Waals surface area contributed by atoms with E-state index in [0.717, 1.165) is 30.8 Å². The van der Waals surface area contributed by atoms with Crippen molar-refractivity contribution in [2.75, 3.05) is 16.8 Å². The first-order chi connectivity index (χ1) is 13.1. The fourth-order valence-electron chi connectivity index (χ4n) is 3.28. The van der Waals surface area contributed by atoms with Crippen LogP contribution in [-0.4, -0.2) is 17.4 Å². The third kappa shape index (κ3) is 3.64. The van der Waals surface area contributed by atoms with Gasteiger partial charge in [-0.05, 0) is 48.7 Å². The van der Waals surface area contributed by atoms with E-state index in [1.807, 2.05) is 18.2 Å². The van der Waals surface area contributed by atoms with Crippen molar-refractivity contribution in [3.8, 4) is 0 Å². The van der Waals surface area contributed by atoms with Crippen LogP contribution >= 0.6 is 11.6 Å². The summed E-state index contributed by atoms with van der Waals surface area (Å²) in [7, 11) is 0. The zero-order valence-corrected chi connectivity index (χ0v) is 15.2. The van der Waals surface area contributed by atoms with Gasteiger partial charge < -0.3 is 10.2 Å². The van der Waals surface area contributed by atoms with E-state index in [9.17, 15) is 9.18 Å². The maximum absolute atomic E-state index is 13.3. The molecule has 1 aliphatic heterocycles. The zero-order valence-electron chi connectivity index (χ0n) is 14.5. The summed E-state index contributed by atoms with van der Waals surface area (Å²) in [6.07, 6.45) is 5.36. The summed E-state index contributed by atoms with van der Waals surface area (Å²) in [6, 6.07) is 14.2. The van der Waals surface area contributed by atoms with Gasteiger partial charge in [-0.15, -0.1) is 0 Å². The molecule has 0 atom stereocenters. The van der Waals surface area contributed by atoms with Gasteiger partial charge in [0.15, 0.2) is 0 Å². The van der Waals surface area contributed by atoms with Crippen molar-refractivity contribution < 1.29 is 9.18 Å². The van der Waals surface area contributed by atoms with E-state index in [4.69, 9.17) is 11.6 Å². The highest BCUT2D eigenvalue weighted by atomic mass is 35.5. The molecule has 136 valence electrons. The van der Waals surface area contributed by atoms with Crippen LogP contribution in [0.3, 0.4) is 0 Å². The second-order valence-electron chi connectivity index (χ2n) is 6.40. The number of para-hydroxylation sites is 1. The summed E-state index contributed by atoms with van der Waals surface area (Å²) in [4.78, 5) is 19.0. The number of rotatable bonds is 3. The molecule has 4 nitrogen and oxygen atoms in total. The predicted octanol–water partition coefficient (Wildman–Crippen LogP) is 5.21. The number of aromatic nitrogens is 1. The smallest absolute Gasteiger partial charge is 0.257 e. The lowest BCUT2D eigenvalue weighted by atomic mass is 10.0. The summed E-state index contributed by atoms with van der Waals surface area (Å²) in [5.41, 5.74) is 4.16. The van der Waals surface area contributed by atoms with Crippen LogP contribution in [0.5, 0.6) is 0 Å². The molecule has 2 heterocycles. The molecule has 1 aliphatic rings. The molecule has 1 aromatic heterocycles. The van der Waals surface area contributed by atoms with E-state index < -0.39 is 5.82 Å². The average Bonchev–Trinajstić information content (AvgIpc) is 2.70. The number of carbonyl (C=O) groups excluding carboxylic acids is 1. The molecule has 0 unspecified atom stereocenters. The van der Waals surface area contributed by atoms with Gasteiger partial charge in [-0.1, -0.05) is 29.8 Å². The number of halogens is 2.